The molecule has 2 aromatic carbocycles. The van der Waals surface area contributed by atoms with Gasteiger partial charge in [0, 0.05) is 11.9 Å². The molecule has 3 rings (SSSR count). The zero-order chi connectivity index (χ0) is 16.9. The maximum atomic E-state index is 13.2. The lowest BCUT2D eigenvalue weighted by Crippen LogP contribution is -2.15. The van der Waals surface area contributed by atoms with E-state index in [0.717, 1.165) is 40.5 Å². The van der Waals surface area contributed by atoms with Gasteiger partial charge in [-0.15, -0.1) is 11.3 Å². The predicted octanol–water partition coefficient (Wildman–Crippen LogP) is 5.01. The summed E-state index contributed by atoms with van der Waals surface area (Å²) in [5, 5.41) is 2.07. The zero-order valence-electron chi connectivity index (χ0n) is 13.7. The third-order valence-corrected chi connectivity index (χ3v) is 4.55. The monoisotopic (exact) mass is 342 g/mol. The number of hydrogen-bond acceptors (Lipinski definition) is 3. The van der Waals surface area contributed by atoms with E-state index >= 15 is 0 Å². The standard InChI is InChI=1S/C19H19FN2OS/c1-3-12-22-18(14-4-6-15(20)7-5-14)13-24-19(22)21-16-8-10-17(23-2)11-9-16/h4-11,13H,3,12H2,1-2H3. The number of benzene rings is 2. The Balaban J connectivity index is 2.04. The second kappa shape index (κ2) is 7.45. The van der Waals surface area contributed by atoms with Crippen molar-refractivity contribution in [2.45, 2.75) is 19.9 Å². The van der Waals surface area contributed by atoms with Crippen LogP contribution in [-0.2, 0) is 6.54 Å². The number of ether oxygens (including phenoxy) is 1. The van der Waals surface area contributed by atoms with Gasteiger partial charge in [0.15, 0.2) is 4.80 Å². The molecule has 0 amide bonds. The first-order chi connectivity index (χ1) is 11.7. The summed E-state index contributed by atoms with van der Waals surface area (Å²) >= 11 is 1.59. The van der Waals surface area contributed by atoms with Crippen molar-refractivity contribution in [3.8, 4) is 17.0 Å². The van der Waals surface area contributed by atoms with Gasteiger partial charge in [-0.2, -0.15) is 0 Å². The van der Waals surface area contributed by atoms with Gasteiger partial charge in [-0.1, -0.05) is 6.92 Å². The first kappa shape index (κ1) is 16.5. The van der Waals surface area contributed by atoms with Crippen molar-refractivity contribution in [1.29, 1.82) is 0 Å². The molecule has 0 saturated heterocycles. The Bertz CT molecular complexity index is 864. The third-order valence-electron chi connectivity index (χ3n) is 3.68. The van der Waals surface area contributed by atoms with Crippen molar-refractivity contribution in [3.05, 3.63) is 64.5 Å². The van der Waals surface area contributed by atoms with Gasteiger partial charge in [0.2, 0.25) is 0 Å². The SMILES string of the molecule is CCCn1c(-c2ccc(F)cc2)csc1=Nc1ccc(OC)cc1. The predicted molar refractivity (Wildman–Crippen MR) is 96.2 cm³/mol. The lowest BCUT2D eigenvalue weighted by molar-refractivity contribution is 0.415. The molecule has 0 bridgehead atoms. The highest BCUT2D eigenvalue weighted by Crippen LogP contribution is 2.22. The number of thiazole rings is 1. The summed E-state index contributed by atoms with van der Waals surface area (Å²) in [6, 6.07) is 14.3. The first-order valence-electron chi connectivity index (χ1n) is 7.84. The van der Waals surface area contributed by atoms with Crippen molar-refractivity contribution >= 4 is 17.0 Å². The Labute approximate surface area is 144 Å². The van der Waals surface area contributed by atoms with Gasteiger partial charge in [0.05, 0.1) is 18.5 Å². The summed E-state index contributed by atoms with van der Waals surface area (Å²) in [6.07, 6.45) is 1.00. The molecular formula is C19H19FN2OS. The molecule has 0 fully saturated rings. The van der Waals surface area contributed by atoms with E-state index in [-0.39, 0.29) is 5.82 Å². The molecule has 0 aliphatic rings. The van der Waals surface area contributed by atoms with Crippen LogP contribution in [0, 0.1) is 5.82 Å². The second-order valence-electron chi connectivity index (χ2n) is 5.37. The van der Waals surface area contributed by atoms with E-state index in [1.165, 1.54) is 12.1 Å². The van der Waals surface area contributed by atoms with Crippen LogP contribution in [0.15, 0.2) is 58.9 Å². The van der Waals surface area contributed by atoms with Crippen molar-refractivity contribution in [2.24, 2.45) is 4.99 Å². The molecule has 1 heterocycles. The van der Waals surface area contributed by atoms with Crippen LogP contribution in [0.25, 0.3) is 11.3 Å². The molecule has 124 valence electrons. The summed E-state index contributed by atoms with van der Waals surface area (Å²) in [5.74, 6) is 0.590. The largest absolute Gasteiger partial charge is 0.497 e. The van der Waals surface area contributed by atoms with Crippen LogP contribution in [0.3, 0.4) is 0 Å². The van der Waals surface area contributed by atoms with E-state index in [1.54, 1.807) is 30.6 Å². The van der Waals surface area contributed by atoms with Gasteiger partial charge in [0.25, 0.3) is 0 Å². The van der Waals surface area contributed by atoms with E-state index in [0.29, 0.717) is 0 Å². The Morgan fingerprint density at radius 1 is 1.08 bits per heavy atom. The number of nitrogens with zero attached hydrogens (tertiary/aromatic N) is 2. The van der Waals surface area contributed by atoms with E-state index < -0.39 is 0 Å². The second-order valence-corrected chi connectivity index (χ2v) is 6.21. The highest BCUT2D eigenvalue weighted by molar-refractivity contribution is 7.07. The molecule has 0 radical (unpaired) electrons. The van der Waals surface area contributed by atoms with Crippen LogP contribution < -0.4 is 9.54 Å². The first-order valence-corrected chi connectivity index (χ1v) is 8.72. The lowest BCUT2D eigenvalue weighted by atomic mass is 10.1. The third kappa shape index (κ3) is 3.57. The van der Waals surface area contributed by atoms with E-state index in [9.17, 15) is 4.39 Å². The van der Waals surface area contributed by atoms with Crippen LogP contribution in [0.1, 0.15) is 13.3 Å². The maximum absolute atomic E-state index is 13.2. The molecular weight excluding hydrogens is 323 g/mol. The molecule has 0 N–H and O–H groups in total. The number of hydrogen-bond donors (Lipinski definition) is 0. The van der Waals surface area contributed by atoms with Gasteiger partial charge in [-0.05, 0) is 60.5 Å². The lowest BCUT2D eigenvalue weighted by Gasteiger charge is -2.08. The molecule has 0 saturated carbocycles. The van der Waals surface area contributed by atoms with E-state index in [1.807, 2.05) is 24.3 Å². The Morgan fingerprint density at radius 3 is 2.42 bits per heavy atom. The van der Waals surface area contributed by atoms with Crippen LogP contribution >= 0.6 is 11.3 Å². The van der Waals surface area contributed by atoms with Crippen molar-refractivity contribution in [1.82, 2.24) is 4.57 Å². The smallest absolute Gasteiger partial charge is 0.190 e. The summed E-state index contributed by atoms with van der Waals surface area (Å²) in [7, 11) is 1.65. The van der Waals surface area contributed by atoms with E-state index in [2.05, 4.69) is 16.9 Å². The number of rotatable bonds is 5. The Morgan fingerprint density at radius 2 is 1.79 bits per heavy atom. The minimum absolute atomic E-state index is 0.223. The molecule has 3 aromatic rings. The van der Waals surface area contributed by atoms with Crippen molar-refractivity contribution < 1.29 is 9.13 Å². The van der Waals surface area contributed by atoms with Gasteiger partial charge in [0.1, 0.15) is 11.6 Å². The molecule has 3 nitrogen and oxygen atoms in total. The molecule has 5 heteroatoms. The zero-order valence-corrected chi connectivity index (χ0v) is 14.5. The van der Waals surface area contributed by atoms with Gasteiger partial charge >= 0.3 is 0 Å². The maximum Gasteiger partial charge on any atom is 0.190 e. The molecule has 24 heavy (non-hydrogen) atoms. The van der Waals surface area contributed by atoms with Gasteiger partial charge in [-0.3, -0.25) is 0 Å². The topological polar surface area (TPSA) is 26.5 Å². The number of halogens is 1. The minimum atomic E-state index is -0.223. The average Bonchev–Trinajstić information content (AvgIpc) is 2.99. The molecule has 1 aromatic heterocycles. The Kier molecular flexibility index (Phi) is 5.11. The fourth-order valence-corrected chi connectivity index (χ4v) is 3.43. The highest BCUT2D eigenvalue weighted by Gasteiger charge is 2.08. The summed E-state index contributed by atoms with van der Waals surface area (Å²) in [6.45, 7) is 3.00. The highest BCUT2D eigenvalue weighted by atomic mass is 32.1. The molecule has 0 unspecified atom stereocenters. The van der Waals surface area contributed by atoms with Gasteiger partial charge in [-0.25, -0.2) is 9.38 Å². The number of methoxy groups -OCH3 is 1. The summed E-state index contributed by atoms with van der Waals surface area (Å²) < 4.78 is 20.5. The van der Waals surface area contributed by atoms with Crippen molar-refractivity contribution in [3.63, 3.8) is 0 Å². The number of aromatic nitrogens is 1. The van der Waals surface area contributed by atoms with Crippen molar-refractivity contribution in [2.75, 3.05) is 7.11 Å². The van der Waals surface area contributed by atoms with Crippen LogP contribution in [0.5, 0.6) is 5.75 Å². The van der Waals surface area contributed by atoms with E-state index in [4.69, 9.17) is 9.73 Å². The summed E-state index contributed by atoms with van der Waals surface area (Å²) in [5.41, 5.74) is 2.94. The fourth-order valence-electron chi connectivity index (χ4n) is 2.48. The van der Waals surface area contributed by atoms with Crippen LogP contribution in [0.4, 0.5) is 10.1 Å². The molecule has 0 aliphatic heterocycles. The summed E-state index contributed by atoms with van der Waals surface area (Å²) in [4.78, 5) is 5.68. The quantitative estimate of drug-likeness (QED) is 0.640. The van der Waals surface area contributed by atoms with Gasteiger partial charge < -0.3 is 9.30 Å². The van der Waals surface area contributed by atoms with Crippen LogP contribution in [-0.4, -0.2) is 11.7 Å². The molecule has 0 spiro atoms. The van der Waals surface area contributed by atoms with Crippen LogP contribution in [0.2, 0.25) is 0 Å². The molecule has 0 atom stereocenters. The minimum Gasteiger partial charge on any atom is -0.497 e. The fraction of sp³-hybridized carbons (Fsp3) is 0.211. The normalized spacial score (nSPS) is 11.7. The molecule has 0 aliphatic carbocycles. The Hall–Kier alpha value is -2.40. The average molecular weight is 342 g/mol.